The Kier molecular flexibility index (Phi) is 3.85. The molecule has 1 saturated carbocycles. The van der Waals surface area contributed by atoms with Gasteiger partial charge in [-0.25, -0.2) is 0 Å². The molecule has 0 spiro atoms. The Morgan fingerprint density at radius 3 is 2.38 bits per heavy atom. The number of rotatable bonds is 3. The number of ether oxygens (including phenoxy) is 1. The maximum Gasteiger partial charge on any atom is 0.309 e. The fraction of sp³-hybridized carbons (Fsp3) is 0.923. The molecule has 0 atom stereocenters. The summed E-state index contributed by atoms with van der Waals surface area (Å²) in [5.41, 5.74) is -0.403. The molecule has 1 saturated heterocycles. The van der Waals surface area contributed by atoms with Crippen LogP contribution >= 0.6 is 0 Å². The van der Waals surface area contributed by atoms with Crippen LogP contribution in [0.25, 0.3) is 0 Å². The molecule has 3 heteroatoms. The molecule has 0 aromatic carbocycles. The third-order valence-electron chi connectivity index (χ3n) is 4.28. The second-order valence-corrected chi connectivity index (χ2v) is 5.41. The van der Waals surface area contributed by atoms with Gasteiger partial charge in [0.1, 0.15) is 0 Å². The highest BCUT2D eigenvalue weighted by Crippen LogP contribution is 2.43. The minimum absolute atomic E-state index is 0.403. The maximum atomic E-state index is 11.5. The first kappa shape index (κ1) is 11.9. The summed E-state index contributed by atoms with van der Waals surface area (Å²) < 4.78 is 5.33. The van der Waals surface area contributed by atoms with Crippen LogP contribution in [0.1, 0.15) is 51.4 Å². The molecular weight excluding hydrogens is 204 g/mol. The molecular formula is C13H22O3. The van der Waals surface area contributed by atoms with Gasteiger partial charge in [0.15, 0.2) is 0 Å². The van der Waals surface area contributed by atoms with E-state index in [1.807, 2.05) is 0 Å². The first-order valence-corrected chi connectivity index (χ1v) is 6.54. The van der Waals surface area contributed by atoms with Crippen molar-refractivity contribution in [2.45, 2.75) is 51.4 Å². The van der Waals surface area contributed by atoms with E-state index >= 15 is 0 Å². The minimum Gasteiger partial charge on any atom is -0.481 e. The lowest BCUT2D eigenvalue weighted by Gasteiger charge is -2.37. The fourth-order valence-electron chi connectivity index (χ4n) is 3.24. The van der Waals surface area contributed by atoms with Gasteiger partial charge in [0.2, 0.25) is 0 Å². The summed E-state index contributed by atoms with van der Waals surface area (Å²) in [7, 11) is 0. The third kappa shape index (κ3) is 2.57. The van der Waals surface area contributed by atoms with Gasteiger partial charge in [-0.15, -0.1) is 0 Å². The van der Waals surface area contributed by atoms with E-state index in [1.54, 1.807) is 0 Å². The van der Waals surface area contributed by atoms with Crippen LogP contribution in [0.2, 0.25) is 0 Å². The largest absolute Gasteiger partial charge is 0.481 e. The van der Waals surface area contributed by atoms with E-state index in [0.29, 0.717) is 5.92 Å². The Morgan fingerprint density at radius 2 is 1.81 bits per heavy atom. The van der Waals surface area contributed by atoms with E-state index in [2.05, 4.69) is 0 Å². The molecule has 0 radical (unpaired) electrons. The third-order valence-corrected chi connectivity index (χ3v) is 4.28. The number of hydrogen-bond acceptors (Lipinski definition) is 2. The minimum atomic E-state index is -0.557. The summed E-state index contributed by atoms with van der Waals surface area (Å²) in [4.78, 5) is 11.5. The summed E-state index contributed by atoms with van der Waals surface area (Å²) in [6.45, 7) is 1.64. The van der Waals surface area contributed by atoms with Crippen molar-refractivity contribution in [2.75, 3.05) is 13.2 Å². The topological polar surface area (TPSA) is 46.5 Å². The quantitative estimate of drug-likeness (QED) is 0.805. The molecule has 0 unspecified atom stereocenters. The number of hydrogen-bond donors (Lipinski definition) is 1. The number of carboxylic acids is 1. The van der Waals surface area contributed by atoms with Crippen molar-refractivity contribution in [3.63, 3.8) is 0 Å². The average molecular weight is 226 g/mol. The van der Waals surface area contributed by atoms with Gasteiger partial charge >= 0.3 is 5.97 Å². The van der Waals surface area contributed by atoms with E-state index < -0.39 is 11.4 Å². The predicted molar refractivity (Wildman–Crippen MR) is 61.3 cm³/mol. The van der Waals surface area contributed by atoms with Gasteiger partial charge in [-0.3, -0.25) is 4.79 Å². The van der Waals surface area contributed by atoms with Crippen LogP contribution in [-0.4, -0.2) is 24.3 Å². The van der Waals surface area contributed by atoms with Gasteiger partial charge in [0.25, 0.3) is 0 Å². The zero-order chi connectivity index (χ0) is 11.4. The molecule has 2 rings (SSSR count). The van der Waals surface area contributed by atoms with Gasteiger partial charge in [-0.05, 0) is 38.0 Å². The molecule has 1 aliphatic carbocycles. The maximum absolute atomic E-state index is 11.5. The van der Waals surface area contributed by atoms with Crippen molar-refractivity contribution >= 4 is 5.97 Å². The van der Waals surface area contributed by atoms with Gasteiger partial charge in [0.05, 0.1) is 5.41 Å². The molecule has 2 fully saturated rings. The van der Waals surface area contributed by atoms with E-state index in [1.165, 1.54) is 6.42 Å². The van der Waals surface area contributed by atoms with Crippen molar-refractivity contribution < 1.29 is 14.6 Å². The molecule has 1 heterocycles. The van der Waals surface area contributed by atoms with Gasteiger partial charge in [0, 0.05) is 13.2 Å². The van der Waals surface area contributed by atoms with Crippen molar-refractivity contribution in [1.82, 2.24) is 0 Å². The van der Waals surface area contributed by atoms with Gasteiger partial charge in [-0.1, -0.05) is 19.3 Å². The van der Waals surface area contributed by atoms with E-state index in [9.17, 15) is 9.90 Å². The Morgan fingerprint density at radius 1 is 1.19 bits per heavy atom. The first-order chi connectivity index (χ1) is 7.73. The van der Waals surface area contributed by atoms with Crippen LogP contribution in [0, 0.1) is 11.3 Å². The summed E-state index contributed by atoms with van der Waals surface area (Å²) in [6.07, 6.45) is 8.16. The monoisotopic (exact) mass is 226 g/mol. The van der Waals surface area contributed by atoms with Crippen molar-refractivity contribution in [3.8, 4) is 0 Å². The van der Waals surface area contributed by atoms with Crippen LogP contribution in [0.3, 0.4) is 0 Å². The smallest absolute Gasteiger partial charge is 0.309 e. The zero-order valence-corrected chi connectivity index (χ0v) is 9.91. The molecule has 3 nitrogen and oxygen atoms in total. The molecule has 1 N–H and O–H groups in total. The first-order valence-electron chi connectivity index (χ1n) is 6.54. The summed E-state index contributed by atoms with van der Waals surface area (Å²) in [5.74, 6) is 0.0154. The van der Waals surface area contributed by atoms with Gasteiger partial charge < -0.3 is 9.84 Å². The average Bonchev–Trinajstić information content (AvgIpc) is 2.31. The van der Waals surface area contributed by atoms with Crippen LogP contribution in [0.5, 0.6) is 0 Å². The zero-order valence-electron chi connectivity index (χ0n) is 9.91. The Labute approximate surface area is 97.2 Å². The Balaban J connectivity index is 1.98. The molecule has 2 aliphatic rings. The van der Waals surface area contributed by atoms with Crippen LogP contribution in [0.15, 0.2) is 0 Å². The van der Waals surface area contributed by atoms with Crippen LogP contribution < -0.4 is 0 Å². The van der Waals surface area contributed by atoms with Crippen molar-refractivity contribution in [1.29, 1.82) is 0 Å². The SMILES string of the molecule is O=C(O)C1(CC2CCOCC2)CCCCC1. The highest BCUT2D eigenvalue weighted by Gasteiger charge is 2.41. The van der Waals surface area contributed by atoms with E-state index in [4.69, 9.17) is 4.74 Å². The lowest BCUT2D eigenvalue weighted by molar-refractivity contribution is -0.153. The second-order valence-electron chi connectivity index (χ2n) is 5.41. The van der Waals surface area contributed by atoms with E-state index in [0.717, 1.165) is 58.2 Å². The Bertz CT molecular complexity index is 238. The van der Waals surface area contributed by atoms with E-state index in [-0.39, 0.29) is 0 Å². The molecule has 1 aliphatic heterocycles. The molecule has 0 aromatic heterocycles. The number of carboxylic acid groups (broad SMARTS) is 1. The molecule has 0 bridgehead atoms. The lowest BCUT2D eigenvalue weighted by atomic mass is 9.68. The summed E-state index contributed by atoms with van der Waals surface area (Å²) in [6, 6.07) is 0. The standard InChI is InChI=1S/C13H22O3/c14-12(15)13(6-2-1-3-7-13)10-11-4-8-16-9-5-11/h11H,1-10H2,(H,14,15). The second kappa shape index (κ2) is 5.17. The normalized spacial score (nSPS) is 26.5. The highest BCUT2D eigenvalue weighted by molar-refractivity contribution is 5.74. The predicted octanol–water partition coefficient (Wildman–Crippen LogP) is 2.84. The number of carbonyl (C=O) groups is 1. The van der Waals surface area contributed by atoms with Gasteiger partial charge in [-0.2, -0.15) is 0 Å². The molecule has 0 amide bonds. The van der Waals surface area contributed by atoms with Crippen molar-refractivity contribution in [2.24, 2.45) is 11.3 Å². The highest BCUT2D eigenvalue weighted by atomic mass is 16.5. The summed E-state index contributed by atoms with van der Waals surface area (Å²) in [5, 5.41) is 9.49. The molecule has 0 aromatic rings. The summed E-state index contributed by atoms with van der Waals surface area (Å²) >= 11 is 0. The van der Waals surface area contributed by atoms with Crippen LogP contribution in [0.4, 0.5) is 0 Å². The molecule has 16 heavy (non-hydrogen) atoms. The van der Waals surface area contributed by atoms with Crippen molar-refractivity contribution in [3.05, 3.63) is 0 Å². The lowest BCUT2D eigenvalue weighted by Crippen LogP contribution is -2.36. The Hall–Kier alpha value is -0.570. The fourth-order valence-corrected chi connectivity index (χ4v) is 3.24. The number of aliphatic carboxylic acids is 1. The van der Waals surface area contributed by atoms with Crippen LogP contribution in [-0.2, 0) is 9.53 Å². The molecule has 92 valence electrons.